The van der Waals surface area contributed by atoms with E-state index >= 15 is 0 Å². The fourth-order valence-corrected chi connectivity index (χ4v) is 3.49. The quantitative estimate of drug-likeness (QED) is 0.438. The van der Waals surface area contributed by atoms with Crippen LogP contribution in [0.5, 0.6) is 11.5 Å². The first-order valence-electron chi connectivity index (χ1n) is 9.28. The molecule has 8 heteroatoms. The van der Waals surface area contributed by atoms with E-state index in [0.29, 0.717) is 29.2 Å². The summed E-state index contributed by atoms with van der Waals surface area (Å²) in [5, 5.41) is 3.35. The van der Waals surface area contributed by atoms with Crippen LogP contribution in [0.15, 0.2) is 53.4 Å². The third-order valence-electron chi connectivity index (χ3n) is 4.76. The van der Waals surface area contributed by atoms with Gasteiger partial charge in [0.15, 0.2) is 11.6 Å². The van der Waals surface area contributed by atoms with E-state index in [9.17, 15) is 0 Å². The van der Waals surface area contributed by atoms with Gasteiger partial charge in [-0.1, -0.05) is 22.0 Å². The van der Waals surface area contributed by atoms with E-state index in [4.69, 9.17) is 14.5 Å². The molecule has 4 aromatic rings. The number of hydrogen-bond donors (Lipinski definition) is 1. The molecule has 0 unspecified atom stereocenters. The van der Waals surface area contributed by atoms with Crippen molar-refractivity contribution in [3.05, 3.63) is 64.5 Å². The molecule has 0 fully saturated rings. The number of hydrogen-bond acceptors (Lipinski definition) is 7. The van der Waals surface area contributed by atoms with Crippen molar-refractivity contribution >= 4 is 32.8 Å². The molecule has 152 valence electrons. The van der Waals surface area contributed by atoms with Crippen LogP contribution in [0.2, 0.25) is 0 Å². The second kappa shape index (κ2) is 8.62. The Kier molecular flexibility index (Phi) is 5.76. The molecular weight excluding hydrogens is 446 g/mol. The predicted molar refractivity (Wildman–Crippen MR) is 120 cm³/mol. The van der Waals surface area contributed by atoms with Crippen molar-refractivity contribution in [2.45, 2.75) is 13.5 Å². The number of fused-ring (bicyclic) bond motifs is 1. The maximum absolute atomic E-state index is 5.48. The molecule has 7 nitrogen and oxygen atoms in total. The van der Waals surface area contributed by atoms with E-state index in [1.54, 1.807) is 20.4 Å². The van der Waals surface area contributed by atoms with Gasteiger partial charge in [0.05, 0.1) is 20.4 Å². The monoisotopic (exact) mass is 465 g/mol. The highest BCUT2D eigenvalue weighted by atomic mass is 79.9. The Bertz CT molecular complexity index is 1220. The van der Waals surface area contributed by atoms with Gasteiger partial charge in [-0.25, -0.2) is 19.9 Å². The summed E-state index contributed by atoms with van der Waals surface area (Å²) < 4.78 is 11.7. The van der Waals surface area contributed by atoms with Gasteiger partial charge in [-0.2, -0.15) is 0 Å². The molecule has 0 radical (unpaired) electrons. The Morgan fingerprint density at radius 1 is 1.00 bits per heavy atom. The van der Waals surface area contributed by atoms with Crippen LogP contribution in [0, 0.1) is 6.92 Å². The topological polar surface area (TPSA) is 82.0 Å². The Hall–Kier alpha value is -3.26. The second-order valence-electron chi connectivity index (χ2n) is 6.64. The molecule has 0 atom stereocenters. The van der Waals surface area contributed by atoms with Crippen molar-refractivity contribution in [2.75, 3.05) is 19.5 Å². The minimum absolute atomic E-state index is 0.508. The molecule has 0 aliphatic rings. The molecule has 0 amide bonds. The lowest BCUT2D eigenvalue weighted by molar-refractivity contribution is 0.391. The van der Waals surface area contributed by atoms with E-state index in [-0.39, 0.29) is 0 Å². The molecule has 0 bridgehead atoms. The highest BCUT2D eigenvalue weighted by molar-refractivity contribution is 9.10. The van der Waals surface area contributed by atoms with Crippen LogP contribution in [0.4, 0.5) is 5.82 Å². The summed E-state index contributed by atoms with van der Waals surface area (Å²) in [5.41, 5.74) is 4.35. The number of methoxy groups -OCH3 is 2. The molecule has 0 aliphatic carbocycles. The van der Waals surface area contributed by atoms with Crippen LogP contribution < -0.4 is 14.8 Å². The number of nitrogens with zero attached hydrogens (tertiary/aromatic N) is 4. The third-order valence-corrected chi connectivity index (χ3v) is 5.25. The zero-order valence-corrected chi connectivity index (χ0v) is 18.4. The number of nitrogens with one attached hydrogen (secondary N) is 1. The number of aromatic nitrogens is 4. The zero-order valence-electron chi connectivity index (χ0n) is 16.8. The highest BCUT2D eigenvalue weighted by Crippen LogP contribution is 2.28. The fraction of sp³-hybridized carbons (Fsp3) is 0.182. The lowest BCUT2D eigenvalue weighted by Gasteiger charge is -2.13. The van der Waals surface area contributed by atoms with Gasteiger partial charge < -0.3 is 14.8 Å². The molecular formula is C22H20BrN5O2. The molecule has 0 aliphatic heterocycles. The van der Waals surface area contributed by atoms with Crippen LogP contribution in [0.25, 0.3) is 22.4 Å². The molecule has 0 saturated heterocycles. The fourth-order valence-electron chi connectivity index (χ4n) is 3.13. The van der Waals surface area contributed by atoms with Crippen molar-refractivity contribution in [3.63, 3.8) is 0 Å². The maximum Gasteiger partial charge on any atom is 0.160 e. The van der Waals surface area contributed by atoms with Gasteiger partial charge in [0.1, 0.15) is 28.9 Å². The first-order chi connectivity index (χ1) is 14.6. The minimum atomic E-state index is 0.508. The van der Waals surface area contributed by atoms with E-state index in [1.807, 2.05) is 43.3 Å². The standard InChI is InChI=1S/C22H20BrN5O2/c1-13-4-6-15(23)8-17(13)21-25-11-18-20(28-21)22(27-12-26-18)24-10-14-5-7-16(29-2)9-19(14)30-3/h4-9,11-12H,10H2,1-3H3,(H,24,26,27). The van der Waals surface area contributed by atoms with Crippen molar-refractivity contribution in [1.29, 1.82) is 0 Å². The molecule has 0 saturated carbocycles. The Morgan fingerprint density at radius 2 is 1.87 bits per heavy atom. The smallest absolute Gasteiger partial charge is 0.160 e. The van der Waals surface area contributed by atoms with Gasteiger partial charge in [0.25, 0.3) is 0 Å². The Labute approximate surface area is 182 Å². The van der Waals surface area contributed by atoms with Gasteiger partial charge in [0, 0.05) is 28.2 Å². The van der Waals surface area contributed by atoms with E-state index in [2.05, 4.69) is 36.2 Å². The van der Waals surface area contributed by atoms with Crippen molar-refractivity contribution < 1.29 is 9.47 Å². The summed E-state index contributed by atoms with van der Waals surface area (Å²) in [6.07, 6.45) is 3.22. The molecule has 2 heterocycles. The van der Waals surface area contributed by atoms with Crippen LogP contribution in [-0.2, 0) is 6.54 Å². The predicted octanol–water partition coefficient (Wildman–Crippen LogP) is 4.79. The molecule has 2 aromatic carbocycles. The summed E-state index contributed by atoms with van der Waals surface area (Å²) in [6.45, 7) is 2.54. The normalized spacial score (nSPS) is 10.8. The number of benzene rings is 2. The lowest BCUT2D eigenvalue weighted by Crippen LogP contribution is -2.06. The number of anilines is 1. The summed E-state index contributed by atoms with van der Waals surface area (Å²) in [7, 11) is 3.27. The molecule has 2 aromatic heterocycles. The van der Waals surface area contributed by atoms with E-state index in [0.717, 1.165) is 32.7 Å². The van der Waals surface area contributed by atoms with E-state index < -0.39 is 0 Å². The van der Waals surface area contributed by atoms with Gasteiger partial charge in [-0.3, -0.25) is 0 Å². The number of ether oxygens (including phenoxy) is 2. The van der Waals surface area contributed by atoms with Gasteiger partial charge in [0.2, 0.25) is 0 Å². The Balaban J connectivity index is 1.69. The van der Waals surface area contributed by atoms with Crippen molar-refractivity contribution in [3.8, 4) is 22.9 Å². The summed E-state index contributed by atoms with van der Waals surface area (Å²) in [4.78, 5) is 18.0. The van der Waals surface area contributed by atoms with Crippen molar-refractivity contribution in [2.24, 2.45) is 0 Å². The number of rotatable bonds is 6. The second-order valence-corrected chi connectivity index (χ2v) is 7.56. The molecule has 4 rings (SSSR count). The average molecular weight is 466 g/mol. The summed E-state index contributed by atoms with van der Waals surface area (Å²) in [6, 6.07) is 11.7. The van der Waals surface area contributed by atoms with Gasteiger partial charge >= 0.3 is 0 Å². The van der Waals surface area contributed by atoms with Gasteiger partial charge in [-0.05, 0) is 36.8 Å². The van der Waals surface area contributed by atoms with Crippen LogP contribution >= 0.6 is 15.9 Å². The van der Waals surface area contributed by atoms with Crippen LogP contribution in [-0.4, -0.2) is 34.2 Å². The summed E-state index contributed by atoms with van der Waals surface area (Å²) >= 11 is 3.52. The van der Waals surface area contributed by atoms with Crippen LogP contribution in [0.1, 0.15) is 11.1 Å². The lowest BCUT2D eigenvalue weighted by atomic mass is 10.1. The minimum Gasteiger partial charge on any atom is -0.497 e. The van der Waals surface area contributed by atoms with E-state index in [1.165, 1.54) is 6.33 Å². The maximum atomic E-state index is 5.48. The molecule has 0 spiro atoms. The Morgan fingerprint density at radius 3 is 2.67 bits per heavy atom. The number of halogens is 1. The molecule has 30 heavy (non-hydrogen) atoms. The van der Waals surface area contributed by atoms with Gasteiger partial charge in [-0.15, -0.1) is 0 Å². The molecule has 1 N–H and O–H groups in total. The van der Waals surface area contributed by atoms with Crippen LogP contribution in [0.3, 0.4) is 0 Å². The highest BCUT2D eigenvalue weighted by Gasteiger charge is 2.12. The summed E-state index contributed by atoms with van der Waals surface area (Å²) in [5.74, 6) is 2.74. The number of aryl methyl sites for hydroxylation is 1. The SMILES string of the molecule is COc1ccc(CNc2ncnc3cnc(-c4cc(Br)ccc4C)nc23)c(OC)c1. The third kappa shape index (κ3) is 4.04. The average Bonchev–Trinajstić information content (AvgIpc) is 2.78. The largest absolute Gasteiger partial charge is 0.497 e. The zero-order chi connectivity index (χ0) is 21.1. The first-order valence-corrected chi connectivity index (χ1v) is 10.1. The van der Waals surface area contributed by atoms with Crippen molar-refractivity contribution in [1.82, 2.24) is 19.9 Å². The first kappa shape index (κ1) is 20.0.